The van der Waals surface area contributed by atoms with Gasteiger partial charge in [0.15, 0.2) is 6.17 Å². The highest BCUT2D eigenvalue weighted by Crippen LogP contribution is 2.17. The minimum Gasteiger partial charge on any atom is -0.494 e. The first-order valence-electron chi connectivity index (χ1n) is 8.79. The molecular weight excluding hydrogens is 368 g/mol. The number of ether oxygens (including phenoxy) is 1. The number of aliphatic carboxylic acids is 1. The van der Waals surface area contributed by atoms with Gasteiger partial charge in [-0.05, 0) is 37.6 Å². The van der Waals surface area contributed by atoms with Gasteiger partial charge in [0.05, 0.1) is 6.61 Å². The Hall–Kier alpha value is -3.30. The monoisotopic (exact) mass is 394 g/mol. The summed E-state index contributed by atoms with van der Waals surface area (Å²) in [4.78, 5) is 45.8. The first-order valence-corrected chi connectivity index (χ1v) is 8.79. The number of benzene rings is 1. The summed E-state index contributed by atoms with van der Waals surface area (Å²) in [5.74, 6) is -1.67. The molecule has 10 heteroatoms. The van der Waals surface area contributed by atoms with E-state index in [4.69, 9.17) is 9.84 Å². The minimum absolute atomic E-state index is 0.0301. The zero-order chi connectivity index (χ0) is 21.1. The second kappa shape index (κ2) is 11.4. The van der Waals surface area contributed by atoms with E-state index in [0.717, 1.165) is 5.01 Å². The molecule has 1 aromatic rings. The SMILES string of the molecule is CCN(NC(C)=O)C(=O)C(NC(C)=O)Nc1ccc(OCCCC(=O)O)cc1. The lowest BCUT2D eigenvalue weighted by atomic mass is 10.2. The Balaban J connectivity index is 2.75. The maximum Gasteiger partial charge on any atom is 0.303 e. The molecule has 0 saturated heterocycles. The summed E-state index contributed by atoms with van der Waals surface area (Å²) in [6.07, 6.45) is -0.654. The molecule has 0 aromatic heterocycles. The molecule has 1 rings (SSSR count). The van der Waals surface area contributed by atoms with Crippen molar-refractivity contribution >= 4 is 29.4 Å². The van der Waals surface area contributed by atoms with E-state index in [-0.39, 0.29) is 19.6 Å². The highest BCUT2D eigenvalue weighted by atomic mass is 16.5. The van der Waals surface area contributed by atoms with Crippen LogP contribution in [0.1, 0.15) is 33.6 Å². The smallest absolute Gasteiger partial charge is 0.303 e. The molecule has 0 aliphatic rings. The number of carboxylic acids is 1. The molecular formula is C18H26N4O6. The summed E-state index contributed by atoms with van der Waals surface area (Å²) in [5.41, 5.74) is 2.95. The van der Waals surface area contributed by atoms with Crippen molar-refractivity contribution in [3.05, 3.63) is 24.3 Å². The number of rotatable bonds is 10. The van der Waals surface area contributed by atoms with E-state index in [0.29, 0.717) is 17.9 Å². The topological polar surface area (TPSA) is 137 Å². The number of hydrogen-bond acceptors (Lipinski definition) is 6. The molecule has 0 saturated carbocycles. The van der Waals surface area contributed by atoms with Crippen molar-refractivity contribution in [2.45, 2.75) is 39.8 Å². The summed E-state index contributed by atoms with van der Waals surface area (Å²) in [5, 5.41) is 15.1. The van der Waals surface area contributed by atoms with Crippen LogP contribution in [0.4, 0.5) is 5.69 Å². The third-order valence-electron chi connectivity index (χ3n) is 3.44. The molecule has 0 spiro atoms. The Morgan fingerprint density at radius 1 is 1.11 bits per heavy atom. The first kappa shape index (κ1) is 22.7. The molecule has 4 N–H and O–H groups in total. The van der Waals surface area contributed by atoms with Crippen molar-refractivity contribution < 1.29 is 29.0 Å². The lowest BCUT2D eigenvalue weighted by Gasteiger charge is -2.27. The molecule has 0 radical (unpaired) electrons. The van der Waals surface area contributed by atoms with E-state index in [1.165, 1.54) is 13.8 Å². The fraction of sp³-hybridized carbons (Fsp3) is 0.444. The van der Waals surface area contributed by atoms with Gasteiger partial charge in [-0.2, -0.15) is 0 Å². The van der Waals surface area contributed by atoms with Crippen molar-refractivity contribution in [3.8, 4) is 5.75 Å². The number of hydrogen-bond donors (Lipinski definition) is 4. The Labute approximate surface area is 163 Å². The predicted octanol–water partition coefficient (Wildman–Crippen LogP) is 0.704. The third kappa shape index (κ3) is 8.39. The molecule has 0 fully saturated rings. The number of anilines is 1. The van der Waals surface area contributed by atoms with E-state index in [1.807, 2.05) is 0 Å². The van der Waals surface area contributed by atoms with Crippen LogP contribution in [0.2, 0.25) is 0 Å². The van der Waals surface area contributed by atoms with E-state index in [9.17, 15) is 19.2 Å². The van der Waals surface area contributed by atoms with Gasteiger partial charge in [0.25, 0.3) is 5.91 Å². The fourth-order valence-electron chi connectivity index (χ4n) is 2.23. The number of hydrazine groups is 1. The van der Waals surface area contributed by atoms with E-state index in [2.05, 4.69) is 16.1 Å². The average molecular weight is 394 g/mol. The van der Waals surface area contributed by atoms with E-state index >= 15 is 0 Å². The van der Waals surface area contributed by atoms with Crippen LogP contribution in [0.5, 0.6) is 5.75 Å². The van der Waals surface area contributed by atoms with Gasteiger partial charge in [-0.1, -0.05) is 0 Å². The van der Waals surface area contributed by atoms with Crippen LogP contribution in [0.25, 0.3) is 0 Å². The molecule has 3 amide bonds. The summed E-state index contributed by atoms with van der Waals surface area (Å²) >= 11 is 0. The predicted molar refractivity (Wildman–Crippen MR) is 101 cm³/mol. The molecule has 0 heterocycles. The van der Waals surface area contributed by atoms with Crippen molar-refractivity contribution in [2.24, 2.45) is 0 Å². The lowest BCUT2D eigenvalue weighted by molar-refractivity contribution is -0.142. The maximum absolute atomic E-state index is 12.6. The van der Waals surface area contributed by atoms with Crippen LogP contribution >= 0.6 is 0 Å². The van der Waals surface area contributed by atoms with Gasteiger partial charge >= 0.3 is 5.97 Å². The Kier molecular flexibility index (Phi) is 9.28. The molecule has 154 valence electrons. The standard InChI is InChI=1S/C18H26N4O6/c1-4-22(21-13(3)24)18(27)17(19-12(2)23)20-14-7-9-15(10-8-14)28-11-5-6-16(25)26/h7-10,17,20H,4-6,11H2,1-3H3,(H,19,23)(H,21,24)(H,25,26). The van der Waals surface area contributed by atoms with Crippen molar-refractivity contribution in [1.29, 1.82) is 0 Å². The molecule has 1 aromatic carbocycles. The summed E-state index contributed by atoms with van der Waals surface area (Å²) in [6.45, 7) is 4.75. The molecule has 1 atom stereocenters. The summed E-state index contributed by atoms with van der Waals surface area (Å²) in [7, 11) is 0. The number of nitrogens with zero attached hydrogens (tertiary/aromatic N) is 1. The molecule has 28 heavy (non-hydrogen) atoms. The second-order valence-electron chi connectivity index (χ2n) is 5.90. The van der Waals surface area contributed by atoms with E-state index in [1.54, 1.807) is 31.2 Å². The van der Waals surface area contributed by atoms with Gasteiger partial charge in [0, 0.05) is 32.5 Å². The second-order valence-corrected chi connectivity index (χ2v) is 5.90. The largest absolute Gasteiger partial charge is 0.494 e. The first-order chi connectivity index (χ1) is 13.2. The Bertz CT molecular complexity index is 692. The zero-order valence-corrected chi connectivity index (χ0v) is 16.2. The summed E-state index contributed by atoms with van der Waals surface area (Å²) in [6, 6.07) is 6.63. The highest BCUT2D eigenvalue weighted by Gasteiger charge is 2.25. The molecule has 0 bridgehead atoms. The normalized spacial score (nSPS) is 11.1. The minimum atomic E-state index is -1.08. The van der Waals surface area contributed by atoms with Gasteiger partial charge in [-0.15, -0.1) is 0 Å². The van der Waals surface area contributed by atoms with Crippen LogP contribution in [-0.2, 0) is 19.2 Å². The summed E-state index contributed by atoms with van der Waals surface area (Å²) < 4.78 is 5.44. The zero-order valence-electron chi connectivity index (χ0n) is 16.2. The van der Waals surface area contributed by atoms with Gasteiger partial charge in [-0.3, -0.25) is 29.6 Å². The number of likely N-dealkylation sites (N-methyl/N-ethyl adjacent to an activating group) is 1. The maximum atomic E-state index is 12.6. The fourth-order valence-corrected chi connectivity index (χ4v) is 2.23. The number of carbonyl (C=O) groups excluding carboxylic acids is 3. The van der Waals surface area contributed by atoms with Crippen LogP contribution in [-0.4, -0.2) is 53.1 Å². The number of carboxylic acid groups (broad SMARTS) is 1. The van der Waals surface area contributed by atoms with Gasteiger partial charge in [0.1, 0.15) is 5.75 Å². The quantitative estimate of drug-likeness (QED) is 0.260. The van der Waals surface area contributed by atoms with Gasteiger partial charge < -0.3 is 20.5 Å². The van der Waals surface area contributed by atoms with Crippen molar-refractivity contribution in [2.75, 3.05) is 18.5 Å². The van der Waals surface area contributed by atoms with E-state index < -0.39 is 29.9 Å². The molecule has 1 unspecified atom stereocenters. The van der Waals surface area contributed by atoms with Crippen LogP contribution in [0.3, 0.4) is 0 Å². The Morgan fingerprint density at radius 2 is 1.75 bits per heavy atom. The van der Waals surface area contributed by atoms with Crippen molar-refractivity contribution in [1.82, 2.24) is 15.8 Å². The highest BCUT2D eigenvalue weighted by molar-refractivity contribution is 5.90. The van der Waals surface area contributed by atoms with Crippen LogP contribution < -0.4 is 20.8 Å². The number of nitrogens with one attached hydrogen (secondary N) is 3. The molecule has 10 nitrogen and oxygen atoms in total. The van der Waals surface area contributed by atoms with Gasteiger partial charge in [-0.25, -0.2) is 0 Å². The Morgan fingerprint density at radius 3 is 2.25 bits per heavy atom. The number of carbonyl (C=O) groups is 4. The van der Waals surface area contributed by atoms with Crippen LogP contribution in [0.15, 0.2) is 24.3 Å². The average Bonchev–Trinajstić information content (AvgIpc) is 2.62. The van der Waals surface area contributed by atoms with Crippen LogP contribution in [0, 0.1) is 0 Å². The molecule has 0 aliphatic heterocycles. The lowest BCUT2D eigenvalue weighted by Crippen LogP contribution is -2.56. The molecule has 0 aliphatic carbocycles. The third-order valence-corrected chi connectivity index (χ3v) is 3.44. The van der Waals surface area contributed by atoms with Crippen molar-refractivity contribution in [3.63, 3.8) is 0 Å². The number of amides is 3. The van der Waals surface area contributed by atoms with Gasteiger partial charge in [0.2, 0.25) is 11.8 Å².